The minimum absolute atomic E-state index is 0.0902. The summed E-state index contributed by atoms with van der Waals surface area (Å²) in [6.45, 7) is 2.35. The molecule has 1 aliphatic rings. The Balaban J connectivity index is 1.83. The van der Waals surface area contributed by atoms with Gasteiger partial charge in [-0.15, -0.1) is 16.7 Å². The molecule has 6 nitrogen and oxygen atoms in total. The highest BCUT2D eigenvalue weighted by atomic mass is 35.5. The maximum Gasteiger partial charge on any atom is 0.315 e. The summed E-state index contributed by atoms with van der Waals surface area (Å²) in [6.07, 6.45) is 1.42. The molecule has 0 aliphatic carbocycles. The lowest BCUT2D eigenvalue weighted by Crippen LogP contribution is -2.31. The van der Waals surface area contributed by atoms with Crippen molar-refractivity contribution in [3.05, 3.63) is 5.89 Å². The molecule has 1 amide bonds. The van der Waals surface area contributed by atoms with E-state index >= 15 is 0 Å². The average Bonchev–Trinajstić information content (AvgIpc) is 2.83. The smallest absolute Gasteiger partial charge is 0.315 e. The van der Waals surface area contributed by atoms with Gasteiger partial charge in [-0.3, -0.25) is 4.79 Å². The molecule has 2 unspecified atom stereocenters. The zero-order valence-electron chi connectivity index (χ0n) is 8.86. The molecule has 7 heteroatoms. The molecule has 2 N–H and O–H groups in total. The molecule has 2 atom stereocenters. The van der Waals surface area contributed by atoms with Crippen LogP contribution in [0.4, 0.5) is 6.01 Å². The van der Waals surface area contributed by atoms with E-state index in [2.05, 4.69) is 20.8 Å². The first kappa shape index (κ1) is 11.2. The van der Waals surface area contributed by atoms with Crippen LogP contribution in [0, 0.1) is 0 Å². The Morgan fingerprint density at radius 3 is 3.06 bits per heavy atom. The second-order valence-corrected chi connectivity index (χ2v) is 4.40. The highest BCUT2D eigenvalue weighted by Gasteiger charge is 2.21. The second-order valence-electron chi connectivity index (χ2n) is 3.75. The summed E-state index contributed by atoms with van der Waals surface area (Å²) in [5.41, 5.74) is 0. The predicted molar refractivity (Wildman–Crippen MR) is 58.2 cm³/mol. The van der Waals surface area contributed by atoms with Crippen molar-refractivity contribution in [2.75, 3.05) is 11.9 Å². The quantitative estimate of drug-likeness (QED) is 0.775. The van der Waals surface area contributed by atoms with Gasteiger partial charge in [-0.25, -0.2) is 0 Å². The van der Waals surface area contributed by atoms with Crippen molar-refractivity contribution in [1.82, 2.24) is 15.5 Å². The summed E-state index contributed by atoms with van der Waals surface area (Å²) in [6, 6.07) is 0.472. The first-order valence-electron chi connectivity index (χ1n) is 5.16. The number of anilines is 1. The molecule has 0 radical (unpaired) electrons. The molecule has 88 valence electrons. The molecule has 1 aliphatic heterocycles. The van der Waals surface area contributed by atoms with Gasteiger partial charge in [-0.2, -0.15) is 0 Å². The van der Waals surface area contributed by atoms with Gasteiger partial charge in [-0.05, 0) is 13.3 Å². The highest BCUT2D eigenvalue weighted by Crippen LogP contribution is 2.19. The minimum atomic E-state index is -0.297. The zero-order chi connectivity index (χ0) is 11.5. The van der Waals surface area contributed by atoms with Crippen molar-refractivity contribution >= 4 is 23.5 Å². The first-order chi connectivity index (χ1) is 7.65. The van der Waals surface area contributed by atoms with Gasteiger partial charge in [0.05, 0.1) is 0 Å². The number of aromatic nitrogens is 2. The Hall–Kier alpha value is -1.30. The predicted octanol–water partition coefficient (Wildman–Crippen LogP) is 1.06. The molecule has 1 fully saturated rings. The molecule has 1 aromatic rings. The van der Waals surface area contributed by atoms with Crippen molar-refractivity contribution in [2.45, 2.75) is 31.2 Å². The topological polar surface area (TPSA) is 80.0 Å². The number of halogens is 1. The molecule has 0 spiro atoms. The molecule has 2 heterocycles. The average molecular weight is 245 g/mol. The van der Waals surface area contributed by atoms with Gasteiger partial charge in [0.25, 0.3) is 0 Å². The molecular weight excluding hydrogens is 232 g/mol. The van der Waals surface area contributed by atoms with Gasteiger partial charge in [0.2, 0.25) is 11.8 Å². The largest absolute Gasteiger partial charge is 0.407 e. The number of carbonyl (C=O) groups excluding carboxylic acids is 1. The number of nitrogens with zero attached hydrogens (tertiary/aromatic N) is 2. The highest BCUT2D eigenvalue weighted by molar-refractivity contribution is 6.20. The SMILES string of the molecule is CC(Cl)c1nnc(NCC2CCC(=O)N2)o1. The van der Waals surface area contributed by atoms with Gasteiger partial charge in [-0.1, -0.05) is 5.10 Å². The maximum absolute atomic E-state index is 11.0. The molecule has 0 bridgehead atoms. The summed E-state index contributed by atoms with van der Waals surface area (Å²) in [5.74, 6) is 0.479. The standard InChI is InChI=1S/C9H13ClN4O2/c1-5(10)8-13-14-9(16-8)11-4-6-2-3-7(15)12-6/h5-6H,2-4H2,1H3,(H,11,14)(H,12,15). The maximum atomic E-state index is 11.0. The van der Waals surface area contributed by atoms with Crippen molar-refractivity contribution in [1.29, 1.82) is 0 Å². The number of carbonyl (C=O) groups is 1. The fraction of sp³-hybridized carbons (Fsp3) is 0.667. The summed E-state index contributed by atoms with van der Waals surface area (Å²) in [5, 5.41) is 13.1. The van der Waals surface area contributed by atoms with Crippen LogP contribution in [-0.2, 0) is 4.79 Å². The van der Waals surface area contributed by atoms with Crippen LogP contribution in [0.1, 0.15) is 31.0 Å². The van der Waals surface area contributed by atoms with E-state index in [0.29, 0.717) is 24.9 Å². The van der Waals surface area contributed by atoms with Crippen molar-refractivity contribution in [3.63, 3.8) is 0 Å². The summed E-state index contributed by atoms with van der Waals surface area (Å²) >= 11 is 5.78. The Morgan fingerprint density at radius 2 is 2.50 bits per heavy atom. The van der Waals surface area contributed by atoms with E-state index in [9.17, 15) is 4.79 Å². The first-order valence-corrected chi connectivity index (χ1v) is 5.59. The number of nitrogens with one attached hydrogen (secondary N) is 2. The van der Waals surface area contributed by atoms with Gasteiger partial charge in [0.1, 0.15) is 5.38 Å². The third-order valence-electron chi connectivity index (χ3n) is 2.37. The molecule has 1 aromatic heterocycles. The van der Waals surface area contributed by atoms with Crippen molar-refractivity contribution < 1.29 is 9.21 Å². The van der Waals surface area contributed by atoms with Gasteiger partial charge in [0.15, 0.2) is 0 Å². The summed E-state index contributed by atoms with van der Waals surface area (Å²) in [7, 11) is 0. The van der Waals surface area contributed by atoms with Gasteiger partial charge in [0, 0.05) is 19.0 Å². The number of amides is 1. The van der Waals surface area contributed by atoms with Crippen LogP contribution in [-0.4, -0.2) is 28.7 Å². The van der Waals surface area contributed by atoms with Crippen LogP contribution in [0.5, 0.6) is 0 Å². The van der Waals surface area contributed by atoms with Crippen LogP contribution >= 0.6 is 11.6 Å². The van der Waals surface area contributed by atoms with E-state index in [4.69, 9.17) is 16.0 Å². The van der Waals surface area contributed by atoms with Gasteiger partial charge < -0.3 is 15.1 Å². The normalized spacial score (nSPS) is 21.9. The Labute approximate surface area is 97.7 Å². The summed E-state index contributed by atoms with van der Waals surface area (Å²) < 4.78 is 5.25. The van der Waals surface area contributed by atoms with Crippen LogP contribution in [0.2, 0.25) is 0 Å². The molecule has 1 saturated heterocycles. The van der Waals surface area contributed by atoms with E-state index in [-0.39, 0.29) is 17.3 Å². The number of alkyl halides is 1. The molecule has 16 heavy (non-hydrogen) atoms. The van der Waals surface area contributed by atoms with E-state index in [1.54, 1.807) is 6.92 Å². The molecule has 2 rings (SSSR count). The van der Waals surface area contributed by atoms with Crippen LogP contribution in [0.3, 0.4) is 0 Å². The van der Waals surface area contributed by atoms with Gasteiger partial charge >= 0.3 is 6.01 Å². The third kappa shape index (κ3) is 2.63. The lowest BCUT2D eigenvalue weighted by atomic mass is 10.2. The van der Waals surface area contributed by atoms with Crippen molar-refractivity contribution in [3.8, 4) is 0 Å². The number of hydrogen-bond acceptors (Lipinski definition) is 5. The Morgan fingerprint density at radius 1 is 1.69 bits per heavy atom. The molecule has 0 aromatic carbocycles. The number of rotatable bonds is 4. The lowest BCUT2D eigenvalue weighted by Gasteiger charge is -2.08. The van der Waals surface area contributed by atoms with Crippen LogP contribution < -0.4 is 10.6 Å². The minimum Gasteiger partial charge on any atom is -0.407 e. The van der Waals surface area contributed by atoms with E-state index < -0.39 is 0 Å². The molecule has 0 saturated carbocycles. The molecular formula is C9H13ClN4O2. The van der Waals surface area contributed by atoms with E-state index in [0.717, 1.165) is 6.42 Å². The lowest BCUT2D eigenvalue weighted by molar-refractivity contribution is -0.119. The van der Waals surface area contributed by atoms with Crippen molar-refractivity contribution in [2.24, 2.45) is 0 Å². The fourth-order valence-corrected chi connectivity index (χ4v) is 1.60. The van der Waals surface area contributed by atoms with Crippen LogP contribution in [0.25, 0.3) is 0 Å². The Kier molecular flexibility index (Phi) is 3.28. The fourth-order valence-electron chi connectivity index (χ4n) is 1.51. The number of hydrogen-bond donors (Lipinski definition) is 2. The zero-order valence-corrected chi connectivity index (χ0v) is 9.62. The Bertz CT molecular complexity index is 379. The van der Waals surface area contributed by atoms with E-state index in [1.165, 1.54) is 0 Å². The second kappa shape index (κ2) is 4.69. The van der Waals surface area contributed by atoms with Crippen LogP contribution in [0.15, 0.2) is 4.42 Å². The summed E-state index contributed by atoms with van der Waals surface area (Å²) in [4.78, 5) is 11.0. The van der Waals surface area contributed by atoms with E-state index in [1.807, 2.05) is 0 Å². The monoisotopic (exact) mass is 244 g/mol. The third-order valence-corrected chi connectivity index (χ3v) is 2.55.